The Hall–Kier alpha value is -3.98. The van der Waals surface area contributed by atoms with E-state index in [1.165, 1.54) is 42.7 Å². The highest BCUT2D eigenvalue weighted by atomic mass is 35.5. The van der Waals surface area contributed by atoms with Gasteiger partial charge in [0.25, 0.3) is 11.8 Å². The van der Waals surface area contributed by atoms with Gasteiger partial charge >= 0.3 is 0 Å². The molecule has 0 unspecified atom stereocenters. The predicted octanol–water partition coefficient (Wildman–Crippen LogP) is 6.58. The summed E-state index contributed by atoms with van der Waals surface area (Å²) in [4.78, 5) is 30.6. The summed E-state index contributed by atoms with van der Waals surface area (Å²) in [5, 5.41) is 10.8. The van der Waals surface area contributed by atoms with Crippen molar-refractivity contribution in [3.8, 4) is 11.1 Å². The van der Waals surface area contributed by atoms with Crippen molar-refractivity contribution in [1.82, 2.24) is 19.9 Å². The molecule has 1 atom stereocenters. The van der Waals surface area contributed by atoms with Crippen LogP contribution in [0.4, 0.5) is 10.1 Å². The van der Waals surface area contributed by atoms with Crippen LogP contribution in [0.5, 0.6) is 0 Å². The van der Waals surface area contributed by atoms with Crippen LogP contribution in [-0.4, -0.2) is 26.4 Å². The van der Waals surface area contributed by atoms with Gasteiger partial charge in [-0.25, -0.2) is 13.9 Å². The summed E-state index contributed by atoms with van der Waals surface area (Å²) >= 11 is 18.6. The molecule has 0 saturated heterocycles. The Balaban J connectivity index is 1.52. The van der Waals surface area contributed by atoms with E-state index < -0.39 is 23.7 Å². The maximum atomic E-state index is 14.2. The van der Waals surface area contributed by atoms with E-state index in [4.69, 9.17) is 34.8 Å². The number of pyridine rings is 1. The van der Waals surface area contributed by atoms with Gasteiger partial charge in [0.05, 0.1) is 6.04 Å². The Bertz CT molecular complexity index is 1770. The number of rotatable bonds is 4. The summed E-state index contributed by atoms with van der Waals surface area (Å²) in [5.41, 5.74) is 3.70. The van der Waals surface area contributed by atoms with Gasteiger partial charge in [0.15, 0.2) is 5.65 Å². The number of halogens is 4. The molecule has 2 aromatic heterocycles. The number of aromatic nitrogens is 3. The van der Waals surface area contributed by atoms with Crippen molar-refractivity contribution >= 4 is 58.0 Å². The van der Waals surface area contributed by atoms with E-state index in [2.05, 4.69) is 20.7 Å². The van der Waals surface area contributed by atoms with Gasteiger partial charge in [-0.15, -0.1) is 0 Å². The minimum atomic E-state index is -0.800. The van der Waals surface area contributed by atoms with Gasteiger partial charge in [0, 0.05) is 54.8 Å². The first kappa shape index (κ1) is 24.4. The fourth-order valence-corrected chi connectivity index (χ4v) is 5.29. The van der Waals surface area contributed by atoms with E-state index >= 15 is 0 Å². The Morgan fingerprint density at radius 2 is 1.76 bits per heavy atom. The van der Waals surface area contributed by atoms with Crippen LogP contribution < -0.4 is 10.6 Å². The second-order valence-electron chi connectivity index (χ2n) is 8.65. The highest BCUT2D eigenvalue weighted by Gasteiger charge is 2.35. The molecule has 2 N–H and O–H groups in total. The molecule has 2 amide bonds. The summed E-state index contributed by atoms with van der Waals surface area (Å²) in [6.07, 6.45) is 3.20. The Labute approximate surface area is 230 Å². The summed E-state index contributed by atoms with van der Waals surface area (Å²) in [7, 11) is 0. The molecule has 0 bridgehead atoms. The summed E-state index contributed by atoms with van der Waals surface area (Å²) in [6, 6.07) is 14.7. The van der Waals surface area contributed by atoms with Crippen LogP contribution in [-0.2, 0) is 0 Å². The third-order valence-corrected chi connectivity index (χ3v) is 7.02. The highest BCUT2D eigenvalue weighted by molar-refractivity contribution is 6.35. The third kappa shape index (κ3) is 4.36. The van der Waals surface area contributed by atoms with Gasteiger partial charge in [-0.1, -0.05) is 34.8 Å². The molecule has 38 heavy (non-hydrogen) atoms. The zero-order chi connectivity index (χ0) is 26.6. The number of fused-ring (bicyclic) bond motifs is 2. The molecule has 188 valence electrons. The van der Waals surface area contributed by atoms with Crippen molar-refractivity contribution in [3.05, 3.63) is 116 Å². The van der Waals surface area contributed by atoms with E-state index in [1.54, 1.807) is 28.9 Å². The number of hydrogen-bond donors (Lipinski definition) is 2. The lowest BCUT2D eigenvalue weighted by atomic mass is 9.93. The number of anilines is 1. The van der Waals surface area contributed by atoms with Crippen molar-refractivity contribution in [1.29, 1.82) is 0 Å². The molecule has 0 radical (unpaired) electrons. The first-order valence-electron chi connectivity index (χ1n) is 11.3. The fraction of sp³-hybridized carbons (Fsp3) is 0.0370. The number of nitrogens with zero attached hydrogens (tertiary/aromatic N) is 3. The van der Waals surface area contributed by atoms with Crippen LogP contribution in [0.1, 0.15) is 37.9 Å². The van der Waals surface area contributed by atoms with Crippen LogP contribution in [0.15, 0.2) is 73.2 Å². The van der Waals surface area contributed by atoms with Crippen molar-refractivity contribution in [2.45, 2.75) is 6.04 Å². The van der Waals surface area contributed by atoms with Crippen molar-refractivity contribution in [2.75, 3.05) is 5.32 Å². The molecule has 5 aromatic rings. The lowest BCUT2D eigenvalue weighted by Gasteiger charge is -2.19. The second-order valence-corrected chi connectivity index (χ2v) is 9.93. The topological polar surface area (TPSA) is 88.4 Å². The zero-order valence-corrected chi connectivity index (χ0v) is 21.4. The average Bonchev–Trinajstić information content (AvgIpc) is 3.49. The van der Waals surface area contributed by atoms with Crippen LogP contribution in [0.25, 0.3) is 16.8 Å². The molecule has 0 fully saturated rings. The zero-order valence-electron chi connectivity index (χ0n) is 19.2. The van der Waals surface area contributed by atoms with Gasteiger partial charge in [-0.3, -0.25) is 9.59 Å². The van der Waals surface area contributed by atoms with E-state index in [0.717, 1.165) is 5.56 Å². The Kier molecular flexibility index (Phi) is 6.03. The Morgan fingerprint density at radius 3 is 2.55 bits per heavy atom. The first-order valence-corrected chi connectivity index (χ1v) is 12.4. The molecule has 0 saturated carbocycles. The molecule has 0 spiro atoms. The quantitative estimate of drug-likeness (QED) is 0.257. The monoisotopic (exact) mass is 565 g/mol. The summed E-state index contributed by atoms with van der Waals surface area (Å²) < 4.78 is 15.8. The molecule has 6 rings (SSSR count). The van der Waals surface area contributed by atoms with Crippen LogP contribution in [0.2, 0.25) is 15.1 Å². The highest BCUT2D eigenvalue weighted by Crippen LogP contribution is 2.42. The largest absolute Gasteiger partial charge is 0.341 e. The molecular weight excluding hydrogens is 552 g/mol. The normalized spacial score (nSPS) is 14.4. The minimum absolute atomic E-state index is 0.225. The smallest absolute Gasteiger partial charge is 0.255 e. The fourth-order valence-electron chi connectivity index (χ4n) is 4.54. The number of benzene rings is 3. The van der Waals surface area contributed by atoms with Gasteiger partial charge in [-0.2, -0.15) is 5.10 Å². The van der Waals surface area contributed by atoms with E-state index in [1.807, 2.05) is 6.07 Å². The predicted molar refractivity (Wildman–Crippen MR) is 144 cm³/mol. The van der Waals surface area contributed by atoms with E-state index in [-0.39, 0.29) is 10.6 Å². The van der Waals surface area contributed by atoms with Crippen LogP contribution in [0.3, 0.4) is 0 Å². The molecule has 3 heterocycles. The molecule has 0 aliphatic carbocycles. The minimum Gasteiger partial charge on any atom is -0.341 e. The lowest BCUT2D eigenvalue weighted by Crippen LogP contribution is -2.21. The van der Waals surface area contributed by atoms with Gasteiger partial charge < -0.3 is 10.6 Å². The van der Waals surface area contributed by atoms with E-state index in [9.17, 15) is 14.0 Å². The van der Waals surface area contributed by atoms with Gasteiger partial charge in [0.1, 0.15) is 12.1 Å². The molecule has 1 aliphatic heterocycles. The number of amides is 2. The third-order valence-electron chi connectivity index (χ3n) is 6.24. The summed E-state index contributed by atoms with van der Waals surface area (Å²) in [6.45, 7) is 0. The van der Waals surface area contributed by atoms with Gasteiger partial charge in [0.2, 0.25) is 0 Å². The molecule has 7 nitrogen and oxygen atoms in total. The molecule has 11 heteroatoms. The average molecular weight is 567 g/mol. The first-order chi connectivity index (χ1) is 18.3. The maximum absolute atomic E-state index is 14.2. The number of nitrogens with one attached hydrogen (secondary N) is 2. The van der Waals surface area contributed by atoms with Crippen molar-refractivity contribution in [3.63, 3.8) is 0 Å². The second kappa shape index (κ2) is 9.40. The van der Waals surface area contributed by atoms with Gasteiger partial charge in [-0.05, 0) is 66.2 Å². The number of carbonyl (C=O) groups is 2. The number of carbonyl (C=O) groups excluding carboxylic acids is 2. The number of hydrogen-bond acceptors (Lipinski definition) is 4. The maximum Gasteiger partial charge on any atom is 0.255 e. The molecular formula is C27H15Cl3FN5O2. The Morgan fingerprint density at radius 1 is 0.974 bits per heavy atom. The molecule has 1 aliphatic rings. The van der Waals surface area contributed by atoms with E-state index in [0.29, 0.717) is 43.6 Å². The SMILES string of the molecule is O=C(Nc1cc(-c2ccc3ncnn3c2)cc2c1[C@H](c1cc(F)ccc1Cl)NC2=O)c1cc(Cl)cc(Cl)c1. The summed E-state index contributed by atoms with van der Waals surface area (Å²) in [5.74, 6) is -1.40. The van der Waals surface area contributed by atoms with Crippen molar-refractivity contribution in [2.24, 2.45) is 0 Å². The lowest BCUT2D eigenvalue weighted by molar-refractivity contribution is 0.0959. The van der Waals surface area contributed by atoms with Crippen LogP contribution >= 0.6 is 34.8 Å². The standard InChI is InChI=1S/C27H15Cl3FN5O2/c28-16-5-15(6-17(29)9-16)26(37)34-22-8-14(13-1-4-23-32-12-33-36(23)11-13)7-20-24(22)25(35-27(20)38)19-10-18(31)2-3-21(19)30/h1-12,25H,(H,34,37)(H,35,38)/t25-/m0/s1. The van der Waals surface area contributed by atoms with Crippen molar-refractivity contribution < 1.29 is 14.0 Å². The molecule has 3 aromatic carbocycles. The van der Waals surface area contributed by atoms with Crippen LogP contribution in [0, 0.1) is 5.82 Å².